The molecule has 0 aliphatic heterocycles. The molecule has 0 atom stereocenters. The van der Waals surface area contributed by atoms with Crippen LogP contribution in [-0.4, -0.2) is 5.08 Å². The van der Waals surface area contributed by atoms with Gasteiger partial charge >= 0.3 is 0 Å². The van der Waals surface area contributed by atoms with Crippen LogP contribution < -0.4 is 0 Å². The van der Waals surface area contributed by atoms with Gasteiger partial charge in [0.25, 0.3) is 0 Å². The highest BCUT2D eigenvalue weighted by atomic mass is 32.2. The van der Waals surface area contributed by atoms with Crippen molar-refractivity contribution in [2.45, 2.75) is 25.7 Å². The molecule has 0 saturated carbocycles. The summed E-state index contributed by atoms with van der Waals surface area (Å²) in [5.41, 5.74) is 4.08. The van der Waals surface area contributed by atoms with Crippen LogP contribution in [0, 0.1) is 20.8 Å². The van der Waals surface area contributed by atoms with Crippen molar-refractivity contribution in [1.82, 2.24) is 0 Å². The standard InChI is InChI=1S/C10H14S2/c1-7-4-8(2)10(12-6-11)9(3)5-7/h4-5,11H,6H2,1-3H3. The molecule has 0 heterocycles. The van der Waals surface area contributed by atoms with Crippen LogP contribution in [-0.2, 0) is 0 Å². The number of thioether (sulfide) groups is 1. The molecule has 0 unspecified atom stereocenters. The van der Waals surface area contributed by atoms with E-state index in [1.807, 2.05) is 0 Å². The van der Waals surface area contributed by atoms with E-state index < -0.39 is 0 Å². The van der Waals surface area contributed by atoms with E-state index in [9.17, 15) is 0 Å². The van der Waals surface area contributed by atoms with Gasteiger partial charge in [-0.1, -0.05) is 17.7 Å². The van der Waals surface area contributed by atoms with E-state index in [1.54, 1.807) is 11.8 Å². The van der Waals surface area contributed by atoms with E-state index in [-0.39, 0.29) is 0 Å². The molecule has 0 bridgehead atoms. The molecule has 0 amide bonds. The first-order valence-electron chi connectivity index (χ1n) is 3.96. The Hall–Kier alpha value is -0.0800. The summed E-state index contributed by atoms with van der Waals surface area (Å²) in [5, 5.41) is 0.852. The Morgan fingerprint density at radius 2 is 1.67 bits per heavy atom. The zero-order valence-corrected chi connectivity index (χ0v) is 9.43. The summed E-state index contributed by atoms with van der Waals surface area (Å²) in [4.78, 5) is 1.38. The highest BCUT2D eigenvalue weighted by molar-refractivity contribution is 8.09. The summed E-state index contributed by atoms with van der Waals surface area (Å²) >= 11 is 6.02. The molecule has 12 heavy (non-hydrogen) atoms. The lowest BCUT2D eigenvalue weighted by atomic mass is 10.1. The van der Waals surface area contributed by atoms with E-state index in [0.29, 0.717) is 0 Å². The van der Waals surface area contributed by atoms with Crippen molar-refractivity contribution < 1.29 is 0 Å². The van der Waals surface area contributed by atoms with Gasteiger partial charge in [0.15, 0.2) is 0 Å². The lowest BCUT2D eigenvalue weighted by Gasteiger charge is -2.08. The van der Waals surface area contributed by atoms with E-state index in [2.05, 4.69) is 45.5 Å². The molecule has 0 nitrogen and oxygen atoms in total. The van der Waals surface area contributed by atoms with Crippen molar-refractivity contribution in [2.75, 3.05) is 5.08 Å². The van der Waals surface area contributed by atoms with E-state index in [1.165, 1.54) is 21.6 Å². The molecule has 0 N–H and O–H groups in total. The molecule has 0 aromatic heterocycles. The topological polar surface area (TPSA) is 0 Å². The Labute approximate surface area is 84.2 Å². The molecular weight excluding hydrogens is 184 g/mol. The first kappa shape index (κ1) is 10.0. The zero-order valence-electron chi connectivity index (χ0n) is 7.72. The molecule has 1 aromatic rings. The van der Waals surface area contributed by atoms with Gasteiger partial charge in [-0.05, 0) is 31.9 Å². The Morgan fingerprint density at radius 3 is 2.08 bits per heavy atom. The van der Waals surface area contributed by atoms with Crippen molar-refractivity contribution >= 4 is 24.4 Å². The predicted octanol–water partition coefficient (Wildman–Crippen LogP) is 3.59. The summed E-state index contributed by atoms with van der Waals surface area (Å²) in [7, 11) is 0. The summed E-state index contributed by atoms with van der Waals surface area (Å²) in [6.07, 6.45) is 0. The van der Waals surface area contributed by atoms with Crippen molar-refractivity contribution in [3.05, 3.63) is 28.8 Å². The number of hydrogen-bond donors (Lipinski definition) is 1. The minimum Gasteiger partial charge on any atom is -0.168 e. The molecule has 0 radical (unpaired) electrons. The number of rotatable bonds is 2. The Kier molecular flexibility index (Phi) is 3.53. The Morgan fingerprint density at radius 1 is 1.17 bits per heavy atom. The first-order valence-corrected chi connectivity index (χ1v) is 5.58. The third-order valence-corrected chi connectivity index (χ3v) is 3.26. The second kappa shape index (κ2) is 4.24. The first-order chi connectivity index (χ1) is 5.65. The van der Waals surface area contributed by atoms with Crippen LogP contribution >= 0.6 is 24.4 Å². The monoisotopic (exact) mass is 198 g/mol. The molecule has 66 valence electrons. The third kappa shape index (κ3) is 2.20. The molecule has 0 spiro atoms. The fraction of sp³-hybridized carbons (Fsp3) is 0.400. The maximum atomic E-state index is 4.22. The fourth-order valence-corrected chi connectivity index (χ4v) is 2.55. The number of benzene rings is 1. The quantitative estimate of drug-likeness (QED) is 0.430. The smallest absolute Gasteiger partial charge is 0.0409 e. The third-order valence-electron chi connectivity index (χ3n) is 1.81. The Bertz CT molecular complexity index is 256. The van der Waals surface area contributed by atoms with E-state index >= 15 is 0 Å². The van der Waals surface area contributed by atoms with Crippen molar-refractivity contribution in [3.8, 4) is 0 Å². The maximum Gasteiger partial charge on any atom is 0.0409 e. The minimum atomic E-state index is 0.852. The minimum absolute atomic E-state index is 0.852. The van der Waals surface area contributed by atoms with Gasteiger partial charge in [0.1, 0.15) is 0 Å². The van der Waals surface area contributed by atoms with Gasteiger partial charge in [-0.15, -0.1) is 11.8 Å². The second-order valence-corrected chi connectivity index (χ2v) is 4.73. The van der Waals surface area contributed by atoms with Crippen molar-refractivity contribution in [3.63, 3.8) is 0 Å². The van der Waals surface area contributed by atoms with Gasteiger partial charge < -0.3 is 0 Å². The number of thiol groups is 1. The van der Waals surface area contributed by atoms with Crippen LogP contribution in [0.4, 0.5) is 0 Å². The normalized spacial score (nSPS) is 10.3. The average molecular weight is 198 g/mol. The molecule has 0 aliphatic carbocycles. The molecule has 0 aliphatic rings. The molecule has 1 rings (SSSR count). The van der Waals surface area contributed by atoms with Crippen LogP contribution in [0.3, 0.4) is 0 Å². The summed E-state index contributed by atoms with van der Waals surface area (Å²) in [5.74, 6) is 0. The summed E-state index contributed by atoms with van der Waals surface area (Å²) in [6.45, 7) is 6.45. The van der Waals surface area contributed by atoms with Gasteiger partial charge in [-0.2, -0.15) is 12.6 Å². The van der Waals surface area contributed by atoms with Crippen LogP contribution in [0.1, 0.15) is 16.7 Å². The molecule has 0 fully saturated rings. The lowest BCUT2D eigenvalue weighted by Crippen LogP contribution is -1.87. The molecule has 2 heteroatoms. The second-order valence-electron chi connectivity index (χ2n) is 3.00. The van der Waals surface area contributed by atoms with E-state index in [4.69, 9.17) is 0 Å². The molecule has 1 aromatic carbocycles. The number of hydrogen-bond acceptors (Lipinski definition) is 2. The fourth-order valence-electron chi connectivity index (χ4n) is 1.46. The van der Waals surface area contributed by atoms with Crippen molar-refractivity contribution in [2.24, 2.45) is 0 Å². The van der Waals surface area contributed by atoms with Gasteiger partial charge in [-0.25, -0.2) is 0 Å². The molecule has 0 saturated heterocycles. The largest absolute Gasteiger partial charge is 0.168 e. The predicted molar refractivity (Wildman–Crippen MR) is 60.4 cm³/mol. The SMILES string of the molecule is Cc1cc(C)c(SCS)c(C)c1. The van der Waals surface area contributed by atoms with Gasteiger partial charge in [-0.3, -0.25) is 0 Å². The van der Waals surface area contributed by atoms with Gasteiger partial charge in [0.2, 0.25) is 0 Å². The van der Waals surface area contributed by atoms with Crippen LogP contribution in [0.25, 0.3) is 0 Å². The van der Waals surface area contributed by atoms with Crippen molar-refractivity contribution in [1.29, 1.82) is 0 Å². The summed E-state index contributed by atoms with van der Waals surface area (Å²) in [6, 6.07) is 4.44. The molecular formula is C10H14S2. The number of aryl methyl sites for hydroxylation is 3. The average Bonchev–Trinajstić information content (AvgIpc) is 1.96. The summed E-state index contributed by atoms with van der Waals surface area (Å²) < 4.78 is 0. The van der Waals surface area contributed by atoms with Crippen LogP contribution in [0.2, 0.25) is 0 Å². The highest BCUT2D eigenvalue weighted by Gasteiger charge is 2.02. The van der Waals surface area contributed by atoms with Gasteiger partial charge in [0.05, 0.1) is 0 Å². The van der Waals surface area contributed by atoms with Crippen LogP contribution in [0.15, 0.2) is 17.0 Å². The van der Waals surface area contributed by atoms with E-state index in [0.717, 1.165) is 5.08 Å². The lowest BCUT2D eigenvalue weighted by molar-refractivity contribution is 1.19. The zero-order chi connectivity index (χ0) is 9.14. The van der Waals surface area contributed by atoms with Crippen LogP contribution in [0.5, 0.6) is 0 Å². The maximum absolute atomic E-state index is 4.22. The van der Waals surface area contributed by atoms with Gasteiger partial charge in [0, 0.05) is 9.98 Å². The Balaban J connectivity index is 3.10. The highest BCUT2D eigenvalue weighted by Crippen LogP contribution is 2.27.